The monoisotopic (exact) mass is 302 g/mol. The Labute approximate surface area is 118 Å². The Bertz CT molecular complexity index is 589. The summed E-state index contributed by atoms with van der Waals surface area (Å²) in [5, 5.41) is 0. The number of ether oxygens (including phenoxy) is 1. The van der Waals surface area contributed by atoms with Crippen LogP contribution in [0, 0.1) is 5.82 Å². The van der Waals surface area contributed by atoms with Crippen molar-refractivity contribution in [2.45, 2.75) is 30.4 Å². The van der Waals surface area contributed by atoms with E-state index in [0.717, 1.165) is 6.07 Å². The second-order valence-corrected chi connectivity index (χ2v) is 7.37. The van der Waals surface area contributed by atoms with Gasteiger partial charge in [0.05, 0.1) is 11.7 Å². The number of benzene rings is 1. The highest BCUT2D eigenvalue weighted by Gasteiger charge is 2.39. The van der Waals surface area contributed by atoms with E-state index in [1.165, 1.54) is 22.5 Å². The summed E-state index contributed by atoms with van der Waals surface area (Å²) in [7, 11) is -3.88. The number of sulfonamides is 1. The molecule has 1 fully saturated rings. The second kappa shape index (κ2) is 5.40. The molecule has 1 aromatic carbocycles. The molecule has 1 aliphatic rings. The molecule has 1 aliphatic heterocycles. The fourth-order valence-electron chi connectivity index (χ4n) is 2.34. The van der Waals surface area contributed by atoms with Crippen molar-refractivity contribution in [3.8, 4) is 0 Å². The molecule has 5 nitrogen and oxygen atoms in total. The first-order valence-corrected chi connectivity index (χ1v) is 7.83. The summed E-state index contributed by atoms with van der Waals surface area (Å²) in [6.07, 6.45) is -0.389. The van der Waals surface area contributed by atoms with Crippen LogP contribution in [-0.4, -0.2) is 44.1 Å². The highest BCUT2D eigenvalue weighted by molar-refractivity contribution is 7.89. The molecule has 2 N–H and O–H groups in total. The van der Waals surface area contributed by atoms with Crippen molar-refractivity contribution in [2.24, 2.45) is 5.73 Å². The SMILES string of the molecule is CC1(C)CN(S(=O)(=O)c2ccccc2F)CC(CN)O1. The Kier molecular flexibility index (Phi) is 4.15. The topological polar surface area (TPSA) is 72.6 Å². The predicted octanol–water partition coefficient (Wildman–Crippen LogP) is 0.953. The van der Waals surface area contributed by atoms with Gasteiger partial charge in [0.15, 0.2) is 0 Å². The molecule has 20 heavy (non-hydrogen) atoms. The maximum Gasteiger partial charge on any atom is 0.246 e. The smallest absolute Gasteiger partial charge is 0.246 e. The number of morpholine rings is 1. The molecule has 0 spiro atoms. The minimum atomic E-state index is -3.88. The van der Waals surface area contributed by atoms with E-state index in [2.05, 4.69) is 0 Å². The van der Waals surface area contributed by atoms with E-state index in [0.29, 0.717) is 0 Å². The zero-order chi connectivity index (χ0) is 15.0. The molecule has 1 unspecified atom stereocenters. The van der Waals surface area contributed by atoms with Gasteiger partial charge < -0.3 is 10.5 Å². The number of nitrogens with two attached hydrogens (primary N) is 1. The lowest BCUT2D eigenvalue weighted by atomic mass is 10.1. The van der Waals surface area contributed by atoms with E-state index < -0.39 is 21.4 Å². The summed E-state index contributed by atoms with van der Waals surface area (Å²) in [6, 6.07) is 5.37. The number of hydrogen-bond acceptors (Lipinski definition) is 4. The molecule has 1 heterocycles. The van der Waals surface area contributed by atoms with Crippen LogP contribution in [0.25, 0.3) is 0 Å². The first-order chi connectivity index (χ1) is 9.26. The third kappa shape index (κ3) is 3.01. The molecule has 1 atom stereocenters. The van der Waals surface area contributed by atoms with Crippen molar-refractivity contribution >= 4 is 10.0 Å². The highest BCUT2D eigenvalue weighted by atomic mass is 32.2. The van der Waals surface area contributed by atoms with Crippen molar-refractivity contribution in [1.82, 2.24) is 4.31 Å². The van der Waals surface area contributed by atoms with Crippen LogP contribution in [0.15, 0.2) is 29.2 Å². The number of nitrogens with zero attached hydrogens (tertiary/aromatic N) is 1. The zero-order valence-electron chi connectivity index (χ0n) is 11.5. The van der Waals surface area contributed by atoms with Gasteiger partial charge >= 0.3 is 0 Å². The Morgan fingerprint density at radius 1 is 1.45 bits per heavy atom. The predicted molar refractivity (Wildman–Crippen MR) is 73.2 cm³/mol. The number of hydrogen-bond donors (Lipinski definition) is 1. The minimum Gasteiger partial charge on any atom is -0.368 e. The molecule has 0 amide bonds. The van der Waals surface area contributed by atoms with Crippen molar-refractivity contribution < 1.29 is 17.5 Å². The lowest BCUT2D eigenvalue weighted by Crippen LogP contribution is -2.56. The van der Waals surface area contributed by atoms with Gasteiger partial charge in [-0.1, -0.05) is 12.1 Å². The molecule has 0 saturated carbocycles. The van der Waals surface area contributed by atoms with Gasteiger partial charge in [-0.25, -0.2) is 12.8 Å². The van der Waals surface area contributed by atoms with Gasteiger partial charge in [0.1, 0.15) is 10.7 Å². The zero-order valence-corrected chi connectivity index (χ0v) is 12.4. The van der Waals surface area contributed by atoms with E-state index >= 15 is 0 Å². The Hall–Kier alpha value is -1.02. The maximum absolute atomic E-state index is 13.8. The van der Waals surface area contributed by atoms with Crippen LogP contribution in [0.4, 0.5) is 4.39 Å². The lowest BCUT2D eigenvalue weighted by molar-refractivity contribution is -0.112. The largest absolute Gasteiger partial charge is 0.368 e. The first-order valence-electron chi connectivity index (χ1n) is 6.39. The summed E-state index contributed by atoms with van der Waals surface area (Å²) < 4.78 is 45.8. The molecule has 0 aliphatic carbocycles. The van der Waals surface area contributed by atoms with Crippen LogP contribution in [0.5, 0.6) is 0 Å². The van der Waals surface area contributed by atoms with Crippen LogP contribution in [0.2, 0.25) is 0 Å². The fraction of sp³-hybridized carbons (Fsp3) is 0.538. The van der Waals surface area contributed by atoms with Crippen LogP contribution in [-0.2, 0) is 14.8 Å². The molecule has 0 radical (unpaired) electrons. The van der Waals surface area contributed by atoms with Crippen molar-refractivity contribution in [3.05, 3.63) is 30.1 Å². The van der Waals surface area contributed by atoms with Gasteiger partial charge in [0.2, 0.25) is 10.0 Å². The van der Waals surface area contributed by atoms with Gasteiger partial charge in [-0.05, 0) is 26.0 Å². The van der Waals surface area contributed by atoms with Gasteiger partial charge in [-0.2, -0.15) is 4.31 Å². The summed E-state index contributed by atoms with van der Waals surface area (Å²) >= 11 is 0. The third-order valence-electron chi connectivity index (χ3n) is 3.17. The Balaban J connectivity index is 2.36. The third-order valence-corrected chi connectivity index (χ3v) is 5.01. The summed E-state index contributed by atoms with van der Waals surface area (Å²) in [6.45, 7) is 4.10. The molecule has 0 aromatic heterocycles. The minimum absolute atomic E-state index is 0.136. The Morgan fingerprint density at radius 2 is 2.10 bits per heavy atom. The van der Waals surface area contributed by atoms with Gasteiger partial charge in [-0.15, -0.1) is 0 Å². The van der Waals surface area contributed by atoms with E-state index in [4.69, 9.17) is 10.5 Å². The van der Waals surface area contributed by atoms with Crippen LogP contribution >= 0.6 is 0 Å². The normalized spacial score (nSPS) is 23.7. The summed E-state index contributed by atoms with van der Waals surface area (Å²) in [5.41, 5.74) is 4.93. The standard InChI is InChI=1S/C13H19FN2O3S/c1-13(2)9-16(8-10(7-15)19-13)20(17,18)12-6-4-3-5-11(12)14/h3-6,10H,7-9,15H2,1-2H3. The van der Waals surface area contributed by atoms with E-state index in [1.807, 2.05) is 0 Å². The second-order valence-electron chi connectivity index (χ2n) is 5.46. The fourth-order valence-corrected chi connectivity index (χ4v) is 4.03. The maximum atomic E-state index is 13.8. The highest BCUT2D eigenvalue weighted by Crippen LogP contribution is 2.27. The van der Waals surface area contributed by atoms with Gasteiger partial charge in [-0.3, -0.25) is 0 Å². The molecule has 0 bridgehead atoms. The molecule has 112 valence electrons. The van der Waals surface area contributed by atoms with Crippen molar-refractivity contribution in [3.63, 3.8) is 0 Å². The number of rotatable bonds is 3. The lowest BCUT2D eigenvalue weighted by Gasteiger charge is -2.41. The quantitative estimate of drug-likeness (QED) is 0.902. The average molecular weight is 302 g/mol. The van der Waals surface area contributed by atoms with E-state index in [-0.39, 0.29) is 30.6 Å². The van der Waals surface area contributed by atoms with Crippen LogP contribution in [0.1, 0.15) is 13.8 Å². The van der Waals surface area contributed by atoms with E-state index in [1.54, 1.807) is 13.8 Å². The summed E-state index contributed by atoms with van der Waals surface area (Å²) in [4.78, 5) is -0.312. The van der Waals surface area contributed by atoms with Crippen molar-refractivity contribution in [2.75, 3.05) is 19.6 Å². The molecule has 2 rings (SSSR count). The average Bonchev–Trinajstić information content (AvgIpc) is 2.37. The molecule has 1 aromatic rings. The van der Waals surface area contributed by atoms with Crippen LogP contribution in [0.3, 0.4) is 0 Å². The molecular weight excluding hydrogens is 283 g/mol. The van der Waals surface area contributed by atoms with Crippen LogP contribution < -0.4 is 5.73 Å². The Morgan fingerprint density at radius 3 is 2.70 bits per heavy atom. The van der Waals surface area contributed by atoms with Gasteiger partial charge in [0.25, 0.3) is 0 Å². The number of halogens is 1. The molecule has 7 heteroatoms. The van der Waals surface area contributed by atoms with Gasteiger partial charge in [0, 0.05) is 19.6 Å². The molecular formula is C13H19FN2O3S. The van der Waals surface area contributed by atoms with Crippen molar-refractivity contribution in [1.29, 1.82) is 0 Å². The summed E-state index contributed by atoms with van der Waals surface area (Å²) in [5.74, 6) is -0.749. The van der Waals surface area contributed by atoms with E-state index in [9.17, 15) is 12.8 Å². The molecule has 1 saturated heterocycles. The first kappa shape index (κ1) is 15.4.